The van der Waals surface area contributed by atoms with Crippen molar-refractivity contribution in [3.05, 3.63) is 12.2 Å². The molecule has 0 radical (unpaired) electrons. The molecular weight excluding hydrogens is 136 g/mol. The molecule has 3 heteroatoms. The minimum absolute atomic E-state index is 0. The van der Waals surface area contributed by atoms with E-state index in [1.807, 2.05) is 19.1 Å². The van der Waals surface area contributed by atoms with E-state index in [0.29, 0.717) is 6.54 Å². The van der Waals surface area contributed by atoms with Gasteiger partial charge < -0.3 is 11.5 Å². The second-order valence-corrected chi connectivity index (χ2v) is 1.77. The second kappa shape index (κ2) is 7.95. The van der Waals surface area contributed by atoms with Gasteiger partial charge in [-0.3, -0.25) is 0 Å². The molecule has 0 rings (SSSR count). The number of rotatable bonds is 3. The fourth-order valence-corrected chi connectivity index (χ4v) is 0.536. The Kier molecular flexibility index (Phi) is 10.3. The molecule has 0 aliphatic carbocycles. The molecule has 0 aromatic heterocycles. The summed E-state index contributed by atoms with van der Waals surface area (Å²) in [7, 11) is 0. The maximum Gasteiger partial charge on any atom is 0.0235 e. The molecule has 1 unspecified atom stereocenters. The van der Waals surface area contributed by atoms with Crippen LogP contribution in [-0.2, 0) is 0 Å². The topological polar surface area (TPSA) is 52.0 Å². The lowest BCUT2D eigenvalue weighted by Gasteiger charge is -2.00. The van der Waals surface area contributed by atoms with Gasteiger partial charge in [0, 0.05) is 6.04 Å². The maximum atomic E-state index is 5.53. The summed E-state index contributed by atoms with van der Waals surface area (Å²) in [5.41, 5.74) is 10.8. The van der Waals surface area contributed by atoms with Crippen LogP contribution >= 0.6 is 12.4 Å². The van der Waals surface area contributed by atoms with Gasteiger partial charge in [0.25, 0.3) is 0 Å². The van der Waals surface area contributed by atoms with E-state index >= 15 is 0 Å². The van der Waals surface area contributed by atoms with Gasteiger partial charge in [-0.2, -0.15) is 0 Å². The molecule has 0 heterocycles. The molecular formula is C6H15ClN2. The van der Waals surface area contributed by atoms with Crippen LogP contribution in [0.5, 0.6) is 0 Å². The van der Waals surface area contributed by atoms with Crippen LogP contribution in [0.15, 0.2) is 12.2 Å². The van der Waals surface area contributed by atoms with Gasteiger partial charge >= 0.3 is 0 Å². The first-order chi connectivity index (χ1) is 3.81. The first-order valence-corrected chi connectivity index (χ1v) is 2.89. The van der Waals surface area contributed by atoms with Crippen molar-refractivity contribution in [1.29, 1.82) is 0 Å². The summed E-state index contributed by atoms with van der Waals surface area (Å²) >= 11 is 0. The Balaban J connectivity index is 0. The minimum Gasteiger partial charge on any atom is -0.330 e. The van der Waals surface area contributed by atoms with Crippen molar-refractivity contribution in [3.63, 3.8) is 0 Å². The molecule has 9 heavy (non-hydrogen) atoms. The van der Waals surface area contributed by atoms with E-state index in [4.69, 9.17) is 11.5 Å². The third-order valence-electron chi connectivity index (χ3n) is 0.940. The Hall–Kier alpha value is -0.0500. The highest BCUT2D eigenvalue weighted by atomic mass is 35.5. The summed E-state index contributed by atoms with van der Waals surface area (Å²) in [6, 6.07) is 0.157. The Morgan fingerprint density at radius 1 is 1.56 bits per heavy atom. The van der Waals surface area contributed by atoms with Crippen molar-refractivity contribution >= 4 is 12.4 Å². The predicted molar refractivity (Wildman–Crippen MR) is 43.7 cm³/mol. The third-order valence-corrected chi connectivity index (χ3v) is 0.940. The largest absolute Gasteiger partial charge is 0.330 e. The van der Waals surface area contributed by atoms with Crippen LogP contribution in [0.25, 0.3) is 0 Å². The van der Waals surface area contributed by atoms with Gasteiger partial charge in [0.1, 0.15) is 0 Å². The van der Waals surface area contributed by atoms with E-state index in [1.165, 1.54) is 0 Å². The molecule has 56 valence electrons. The number of allylic oxidation sites excluding steroid dienone is 1. The number of hydrogen-bond donors (Lipinski definition) is 2. The summed E-state index contributed by atoms with van der Waals surface area (Å²) in [6.07, 6.45) is 4.78. The molecule has 2 nitrogen and oxygen atoms in total. The molecule has 0 aliphatic heterocycles. The van der Waals surface area contributed by atoms with Crippen LogP contribution in [0, 0.1) is 0 Å². The smallest absolute Gasteiger partial charge is 0.0235 e. The zero-order chi connectivity index (χ0) is 6.41. The highest BCUT2D eigenvalue weighted by Gasteiger charge is 1.90. The van der Waals surface area contributed by atoms with E-state index in [9.17, 15) is 0 Å². The maximum absolute atomic E-state index is 5.53. The normalized spacial score (nSPS) is 13.2. The molecule has 0 bridgehead atoms. The number of halogens is 1. The summed E-state index contributed by atoms with van der Waals surface area (Å²) in [5, 5.41) is 0. The van der Waals surface area contributed by atoms with Crippen molar-refractivity contribution in [2.45, 2.75) is 19.4 Å². The first-order valence-electron chi connectivity index (χ1n) is 2.89. The lowest BCUT2D eigenvalue weighted by molar-refractivity contribution is 0.731. The van der Waals surface area contributed by atoms with Gasteiger partial charge in [0.15, 0.2) is 0 Å². The molecule has 0 fully saturated rings. The van der Waals surface area contributed by atoms with Gasteiger partial charge in [0.05, 0.1) is 0 Å². The van der Waals surface area contributed by atoms with E-state index in [2.05, 4.69) is 0 Å². The fourth-order valence-electron chi connectivity index (χ4n) is 0.536. The predicted octanol–water partition coefficient (Wildman–Crippen LogP) is 0.660. The Bertz CT molecular complexity index is 73.5. The summed E-state index contributed by atoms with van der Waals surface area (Å²) in [5.74, 6) is 0. The summed E-state index contributed by atoms with van der Waals surface area (Å²) in [4.78, 5) is 0. The third kappa shape index (κ3) is 7.95. The van der Waals surface area contributed by atoms with Gasteiger partial charge in [-0.25, -0.2) is 0 Å². The number of hydrogen-bond acceptors (Lipinski definition) is 2. The van der Waals surface area contributed by atoms with Crippen LogP contribution < -0.4 is 11.5 Å². The molecule has 0 saturated carbocycles. The minimum atomic E-state index is 0. The van der Waals surface area contributed by atoms with Gasteiger partial charge in [0.2, 0.25) is 0 Å². The van der Waals surface area contributed by atoms with E-state index in [1.54, 1.807) is 0 Å². The average Bonchev–Trinajstić information content (AvgIpc) is 1.68. The standard InChI is InChI=1S/C6H14N2.ClH/c1-2-3-6(8)4-5-7;/h2-3,6H,4-5,7-8H2,1H3;1H. The quantitative estimate of drug-likeness (QED) is 0.581. The Morgan fingerprint density at radius 2 is 2.11 bits per heavy atom. The SMILES string of the molecule is CC=CC(N)CCN.Cl. The Labute approximate surface area is 62.7 Å². The molecule has 0 spiro atoms. The van der Waals surface area contributed by atoms with Gasteiger partial charge in [-0.05, 0) is 19.9 Å². The van der Waals surface area contributed by atoms with Gasteiger partial charge in [-0.1, -0.05) is 12.2 Å². The lowest BCUT2D eigenvalue weighted by Crippen LogP contribution is -2.20. The van der Waals surface area contributed by atoms with Crippen molar-refractivity contribution in [3.8, 4) is 0 Å². The van der Waals surface area contributed by atoms with Crippen molar-refractivity contribution in [1.82, 2.24) is 0 Å². The molecule has 4 N–H and O–H groups in total. The summed E-state index contributed by atoms with van der Waals surface area (Å²) < 4.78 is 0. The zero-order valence-corrected chi connectivity index (χ0v) is 6.53. The van der Waals surface area contributed by atoms with Gasteiger partial charge in [-0.15, -0.1) is 12.4 Å². The van der Waals surface area contributed by atoms with Crippen molar-refractivity contribution < 1.29 is 0 Å². The lowest BCUT2D eigenvalue weighted by atomic mass is 10.2. The molecule has 1 atom stereocenters. The van der Waals surface area contributed by atoms with Crippen LogP contribution in [0.1, 0.15) is 13.3 Å². The second-order valence-electron chi connectivity index (χ2n) is 1.77. The highest BCUT2D eigenvalue weighted by molar-refractivity contribution is 5.85. The highest BCUT2D eigenvalue weighted by Crippen LogP contribution is 1.85. The van der Waals surface area contributed by atoms with Crippen molar-refractivity contribution in [2.75, 3.05) is 6.54 Å². The molecule has 0 aromatic carbocycles. The summed E-state index contributed by atoms with van der Waals surface area (Å²) in [6.45, 7) is 2.63. The number of nitrogens with two attached hydrogens (primary N) is 2. The monoisotopic (exact) mass is 150 g/mol. The molecule has 0 aromatic rings. The molecule has 0 amide bonds. The molecule has 0 saturated heterocycles. The fraction of sp³-hybridized carbons (Fsp3) is 0.667. The van der Waals surface area contributed by atoms with Crippen LogP contribution in [0.3, 0.4) is 0 Å². The van der Waals surface area contributed by atoms with Crippen LogP contribution in [0.2, 0.25) is 0 Å². The zero-order valence-electron chi connectivity index (χ0n) is 5.71. The van der Waals surface area contributed by atoms with Crippen molar-refractivity contribution in [2.24, 2.45) is 11.5 Å². The van der Waals surface area contributed by atoms with E-state index in [0.717, 1.165) is 6.42 Å². The van der Waals surface area contributed by atoms with E-state index < -0.39 is 0 Å². The average molecular weight is 151 g/mol. The Morgan fingerprint density at radius 3 is 2.44 bits per heavy atom. The first kappa shape index (κ1) is 11.7. The van der Waals surface area contributed by atoms with Crippen LogP contribution in [0.4, 0.5) is 0 Å². The van der Waals surface area contributed by atoms with Crippen LogP contribution in [-0.4, -0.2) is 12.6 Å². The van der Waals surface area contributed by atoms with E-state index in [-0.39, 0.29) is 18.4 Å². The molecule has 0 aliphatic rings.